The summed E-state index contributed by atoms with van der Waals surface area (Å²) in [4.78, 5) is 14.7. The van der Waals surface area contributed by atoms with Crippen molar-refractivity contribution in [3.05, 3.63) is 60.2 Å². The van der Waals surface area contributed by atoms with Gasteiger partial charge in [-0.2, -0.15) is 0 Å². The average molecular weight is 322 g/mol. The number of carbonyl (C=O) groups is 1. The average Bonchev–Trinajstić information content (AvgIpc) is 3.16. The third kappa shape index (κ3) is 4.68. The molecule has 0 bridgehead atoms. The molecule has 3 nitrogen and oxygen atoms in total. The summed E-state index contributed by atoms with van der Waals surface area (Å²) in [5, 5.41) is 3.03. The number of nitrogens with one attached hydrogen (secondary N) is 1. The first-order chi connectivity index (χ1) is 11.8. The summed E-state index contributed by atoms with van der Waals surface area (Å²) in [5.74, 6) is 0.0239. The molecule has 0 radical (unpaired) electrons. The zero-order chi connectivity index (χ0) is 16.6. The van der Waals surface area contributed by atoms with Crippen molar-refractivity contribution < 1.29 is 4.79 Å². The van der Waals surface area contributed by atoms with Gasteiger partial charge in [-0.1, -0.05) is 42.5 Å². The van der Waals surface area contributed by atoms with E-state index in [-0.39, 0.29) is 5.91 Å². The Bertz CT molecular complexity index is 631. The molecule has 126 valence electrons. The van der Waals surface area contributed by atoms with E-state index in [9.17, 15) is 4.79 Å². The lowest BCUT2D eigenvalue weighted by Crippen LogP contribution is -2.26. The number of likely N-dealkylation sites (tertiary alicyclic amines) is 1. The Morgan fingerprint density at radius 2 is 1.54 bits per heavy atom. The Morgan fingerprint density at radius 1 is 0.875 bits per heavy atom. The van der Waals surface area contributed by atoms with Crippen molar-refractivity contribution in [1.82, 2.24) is 10.2 Å². The van der Waals surface area contributed by atoms with Crippen LogP contribution >= 0.6 is 0 Å². The van der Waals surface area contributed by atoms with Crippen LogP contribution in [0, 0.1) is 0 Å². The molecular weight excluding hydrogens is 296 g/mol. The van der Waals surface area contributed by atoms with Crippen LogP contribution in [0.3, 0.4) is 0 Å². The van der Waals surface area contributed by atoms with Gasteiger partial charge < -0.3 is 10.2 Å². The molecule has 0 aliphatic carbocycles. The van der Waals surface area contributed by atoms with Crippen molar-refractivity contribution in [2.75, 3.05) is 26.2 Å². The fraction of sp³-hybridized carbons (Fsp3) is 0.381. The van der Waals surface area contributed by atoms with Gasteiger partial charge in [0.2, 0.25) is 0 Å². The Labute approximate surface area is 144 Å². The van der Waals surface area contributed by atoms with Crippen molar-refractivity contribution in [1.29, 1.82) is 0 Å². The molecule has 0 unspecified atom stereocenters. The number of hydrogen-bond acceptors (Lipinski definition) is 2. The number of amides is 1. The first-order valence-corrected chi connectivity index (χ1v) is 8.99. The zero-order valence-electron chi connectivity index (χ0n) is 14.2. The molecule has 0 saturated carbocycles. The molecule has 1 N–H and O–H groups in total. The van der Waals surface area contributed by atoms with E-state index < -0.39 is 0 Å². The third-order valence-electron chi connectivity index (χ3n) is 4.64. The van der Waals surface area contributed by atoms with Gasteiger partial charge in [0.25, 0.3) is 5.91 Å². The summed E-state index contributed by atoms with van der Waals surface area (Å²) in [5.41, 5.74) is 3.04. The number of benzene rings is 2. The topological polar surface area (TPSA) is 32.3 Å². The Kier molecular flexibility index (Phi) is 6.02. The molecule has 1 amide bonds. The summed E-state index contributed by atoms with van der Waals surface area (Å²) in [6.07, 6.45) is 4.89. The highest BCUT2D eigenvalue weighted by molar-refractivity contribution is 5.94. The van der Waals surface area contributed by atoms with Crippen LogP contribution in [-0.2, 0) is 0 Å². The van der Waals surface area contributed by atoms with Crippen LogP contribution in [0.2, 0.25) is 0 Å². The van der Waals surface area contributed by atoms with Gasteiger partial charge in [-0.05, 0) is 68.6 Å². The van der Waals surface area contributed by atoms with Crippen LogP contribution < -0.4 is 5.32 Å². The van der Waals surface area contributed by atoms with E-state index in [2.05, 4.69) is 22.3 Å². The minimum Gasteiger partial charge on any atom is -0.352 e. The Morgan fingerprint density at radius 3 is 2.25 bits per heavy atom. The first kappa shape index (κ1) is 16.7. The Hall–Kier alpha value is -2.13. The van der Waals surface area contributed by atoms with Crippen LogP contribution in [0.25, 0.3) is 11.1 Å². The smallest absolute Gasteiger partial charge is 0.251 e. The fourth-order valence-corrected chi connectivity index (χ4v) is 3.22. The molecular formula is C21H26N2O. The normalized spacial score (nSPS) is 14.7. The SMILES string of the molecule is O=C(NCCCCN1CCCC1)c1ccc(-c2ccccc2)cc1. The van der Waals surface area contributed by atoms with Crippen molar-refractivity contribution in [3.8, 4) is 11.1 Å². The van der Waals surface area contributed by atoms with E-state index in [0.717, 1.165) is 30.5 Å². The van der Waals surface area contributed by atoms with E-state index in [1.807, 2.05) is 42.5 Å². The van der Waals surface area contributed by atoms with Gasteiger partial charge in [-0.3, -0.25) is 4.79 Å². The molecule has 24 heavy (non-hydrogen) atoms. The second-order valence-electron chi connectivity index (χ2n) is 6.46. The summed E-state index contributed by atoms with van der Waals surface area (Å²) in [7, 11) is 0. The third-order valence-corrected chi connectivity index (χ3v) is 4.64. The molecule has 1 heterocycles. The van der Waals surface area contributed by atoms with Crippen LogP contribution in [0.4, 0.5) is 0 Å². The van der Waals surface area contributed by atoms with Crippen LogP contribution in [0.1, 0.15) is 36.0 Å². The molecule has 2 aromatic carbocycles. The lowest BCUT2D eigenvalue weighted by atomic mass is 10.0. The molecule has 1 saturated heterocycles. The van der Waals surface area contributed by atoms with Crippen molar-refractivity contribution >= 4 is 5.91 Å². The molecule has 0 aromatic heterocycles. The standard InChI is InChI=1S/C21H26N2O/c24-21(22-14-4-5-15-23-16-6-7-17-23)20-12-10-19(11-13-20)18-8-2-1-3-9-18/h1-3,8-13H,4-7,14-17H2,(H,22,24). The second-order valence-corrected chi connectivity index (χ2v) is 6.46. The van der Waals surface area contributed by atoms with Gasteiger partial charge in [0.05, 0.1) is 0 Å². The molecule has 0 atom stereocenters. The highest BCUT2D eigenvalue weighted by atomic mass is 16.1. The van der Waals surface area contributed by atoms with Gasteiger partial charge in [-0.25, -0.2) is 0 Å². The molecule has 1 aliphatic heterocycles. The van der Waals surface area contributed by atoms with Gasteiger partial charge in [0.15, 0.2) is 0 Å². The lowest BCUT2D eigenvalue weighted by molar-refractivity contribution is 0.0952. The lowest BCUT2D eigenvalue weighted by Gasteiger charge is -2.14. The molecule has 1 fully saturated rings. The maximum Gasteiger partial charge on any atom is 0.251 e. The Balaban J connectivity index is 1.41. The first-order valence-electron chi connectivity index (χ1n) is 8.99. The van der Waals surface area contributed by atoms with Crippen LogP contribution in [-0.4, -0.2) is 37.0 Å². The minimum absolute atomic E-state index is 0.0239. The maximum absolute atomic E-state index is 12.2. The van der Waals surface area contributed by atoms with Gasteiger partial charge >= 0.3 is 0 Å². The van der Waals surface area contributed by atoms with Crippen LogP contribution in [0.15, 0.2) is 54.6 Å². The predicted molar refractivity (Wildman–Crippen MR) is 99.1 cm³/mol. The number of carbonyl (C=O) groups excluding carboxylic acids is 1. The van der Waals surface area contributed by atoms with E-state index >= 15 is 0 Å². The van der Waals surface area contributed by atoms with Gasteiger partial charge in [0.1, 0.15) is 0 Å². The number of hydrogen-bond donors (Lipinski definition) is 1. The number of nitrogens with zero attached hydrogens (tertiary/aromatic N) is 1. The maximum atomic E-state index is 12.2. The van der Waals surface area contributed by atoms with E-state index in [1.54, 1.807) is 0 Å². The largest absolute Gasteiger partial charge is 0.352 e. The summed E-state index contributed by atoms with van der Waals surface area (Å²) < 4.78 is 0. The van der Waals surface area contributed by atoms with Crippen LogP contribution in [0.5, 0.6) is 0 Å². The van der Waals surface area contributed by atoms with Gasteiger partial charge in [-0.15, -0.1) is 0 Å². The summed E-state index contributed by atoms with van der Waals surface area (Å²) in [6.45, 7) is 4.43. The number of unbranched alkanes of at least 4 members (excludes halogenated alkanes) is 1. The highest BCUT2D eigenvalue weighted by Gasteiger charge is 2.10. The van der Waals surface area contributed by atoms with E-state index in [1.165, 1.54) is 38.0 Å². The molecule has 3 rings (SSSR count). The monoisotopic (exact) mass is 322 g/mol. The van der Waals surface area contributed by atoms with Crippen molar-refractivity contribution in [3.63, 3.8) is 0 Å². The fourth-order valence-electron chi connectivity index (χ4n) is 3.22. The molecule has 0 spiro atoms. The summed E-state index contributed by atoms with van der Waals surface area (Å²) >= 11 is 0. The van der Waals surface area contributed by atoms with E-state index in [0.29, 0.717) is 0 Å². The molecule has 1 aliphatic rings. The molecule has 3 heteroatoms. The predicted octanol–water partition coefficient (Wildman–Crippen LogP) is 3.96. The summed E-state index contributed by atoms with van der Waals surface area (Å²) in [6, 6.07) is 18.1. The second kappa shape index (κ2) is 8.65. The highest BCUT2D eigenvalue weighted by Crippen LogP contribution is 2.19. The molecule has 2 aromatic rings. The van der Waals surface area contributed by atoms with Crippen molar-refractivity contribution in [2.24, 2.45) is 0 Å². The van der Waals surface area contributed by atoms with Gasteiger partial charge in [0, 0.05) is 12.1 Å². The van der Waals surface area contributed by atoms with Crippen molar-refractivity contribution in [2.45, 2.75) is 25.7 Å². The quantitative estimate of drug-likeness (QED) is 0.783. The number of rotatable bonds is 7. The zero-order valence-corrected chi connectivity index (χ0v) is 14.2. The minimum atomic E-state index is 0.0239. The van der Waals surface area contributed by atoms with E-state index in [4.69, 9.17) is 0 Å².